The van der Waals surface area contributed by atoms with Crippen LogP contribution in [0.5, 0.6) is 5.75 Å². The van der Waals surface area contributed by atoms with Crippen LogP contribution in [-0.2, 0) is 4.79 Å². The molecule has 2 N–H and O–H groups in total. The molecule has 0 spiro atoms. The Morgan fingerprint density at radius 3 is 2.80 bits per heavy atom. The zero-order valence-electron chi connectivity index (χ0n) is 11.6. The smallest absolute Gasteiger partial charge is 0.263 e. The van der Waals surface area contributed by atoms with Crippen LogP contribution in [0.25, 0.3) is 0 Å². The van der Waals surface area contributed by atoms with Crippen molar-refractivity contribution in [2.45, 2.75) is 32.4 Å². The number of aryl methyl sites for hydroxylation is 1. The summed E-state index contributed by atoms with van der Waals surface area (Å²) < 4.78 is 5.72. The van der Waals surface area contributed by atoms with Crippen molar-refractivity contribution in [2.24, 2.45) is 5.73 Å². The average Bonchev–Trinajstić information content (AvgIpc) is 2.78. The molecule has 20 heavy (non-hydrogen) atoms. The molecule has 6 heteroatoms. The fourth-order valence-electron chi connectivity index (χ4n) is 2.23. The van der Waals surface area contributed by atoms with Crippen molar-refractivity contribution in [3.8, 4) is 5.75 Å². The van der Waals surface area contributed by atoms with Gasteiger partial charge in [0, 0.05) is 24.2 Å². The number of rotatable bonds is 3. The minimum absolute atomic E-state index is 0. The molecule has 1 aromatic carbocycles. The van der Waals surface area contributed by atoms with Gasteiger partial charge in [0.25, 0.3) is 5.91 Å². The first-order chi connectivity index (χ1) is 8.97. The van der Waals surface area contributed by atoms with Crippen LogP contribution in [0.4, 0.5) is 0 Å². The van der Waals surface area contributed by atoms with E-state index in [1.165, 1.54) is 0 Å². The van der Waals surface area contributed by atoms with Crippen molar-refractivity contribution in [1.29, 1.82) is 0 Å². The Kier molecular flexibility index (Phi) is 6.11. The van der Waals surface area contributed by atoms with E-state index in [1.807, 2.05) is 13.0 Å². The topological polar surface area (TPSA) is 55.6 Å². The lowest BCUT2D eigenvalue weighted by Crippen LogP contribution is -2.40. The molecule has 1 amide bonds. The first-order valence-electron chi connectivity index (χ1n) is 6.44. The summed E-state index contributed by atoms with van der Waals surface area (Å²) in [6, 6.07) is 5.46. The summed E-state index contributed by atoms with van der Waals surface area (Å²) in [5.74, 6) is 0.677. The first-order valence-corrected chi connectivity index (χ1v) is 6.82. The van der Waals surface area contributed by atoms with Crippen LogP contribution in [0.3, 0.4) is 0 Å². The molecule has 1 heterocycles. The molecule has 0 saturated carbocycles. The fourth-order valence-corrected chi connectivity index (χ4v) is 2.46. The summed E-state index contributed by atoms with van der Waals surface area (Å²) in [6.45, 7) is 5.00. The summed E-state index contributed by atoms with van der Waals surface area (Å²) in [4.78, 5) is 14.0. The van der Waals surface area contributed by atoms with Crippen LogP contribution in [0.15, 0.2) is 18.2 Å². The third-order valence-corrected chi connectivity index (χ3v) is 3.56. The molecular formula is C14H20Cl2N2O2. The lowest BCUT2D eigenvalue weighted by molar-refractivity contribution is -0.136. The van der Waals surface area contributed by atoms with Crippen LogP contribution in [-0.4, -0.2) is 36.0 Å². The quantitative estimate of drug-likeness (QED) is 0.931. The number of hydrogen-bond acceptors (Lipinski definition) is 3. The summed E-state index contributed by atoms with van der Waals surface area (Å²) >= 11 is 5.89. The highest BCUT2D eigenvalue weighted by Crippen LogP contribution is 2.23. The standard InChI is InChI=1S/C14H19ClN2O2.ClH/c1-9-7-11(15)3-4-13(9)19-10(2)14(18)17-6-5-12(16)8-17;/h3-4,7,10,12H,5-6,8,16H2,1-2H3;1H. The molecule has 1 saturated heterocycles. The number of halogens is 2. The minimum atomic E-state index is -0.509. The molecule has 112 valence electrons. The molecule has 0 radical (unpaired) electrons. The maximum absolute atomic E-state index is 12.2. The Labute approximate surface area is 130 Å². The number of carbonyl (C=O) groups excluding carboxylic acids is 1. The van der Waals surface area contributed by atoms with Gasteiger partial charge in [-0.15, -0.1) is 12.4 Å². The highest BCUT2D eigenvalue weighted by Gasteiger charge is 2.28. The number of carbonyl (C=O) groups is 1. The van der Waals surface area contributed by atoms with E-state index in [2.05, 4.69) is 0 Å². The van der Waals surface area contributed by atoms with E-state index < -0.39 is 6.10 Å². The predicted molar refractivity (Wildman–Crippen MR) is 82.7 cm³/mol. The van der Waals surface area contributed by atoms with Crippen LogP contribution < -0.4 is 10.5 Å². The van der Waals surface area contributed by atoms with Gasteiger partial charge in [-0.05, 0) is 44.0 Å². The molecule has 4 nitrogen and oxygen atoms in total. The zero-order valence-corrected chi connectivity index (χ0v) is 13.2. The second kappa shape index (κ2) is 7.16. The highest BCUT2D eigenvalue weighted by atomic mass is 35.5. The van der Waals surface area contributed by atoms with E-state index in [4.69, 9.17) is 22.1 Å². The van der Waals surface area contributed by atoms with Crippen molar-refractivity contribution in [3.63, 3.8) is 0 Å². The van der Waals surface area contributed by atoms with Gasteiger partial charge in [0.05, 0.1) is 0 Å². The molecular weight excluding hydrogens is 299 g/mol. The summed E-state index contributed by atoms with van der Waals surface area (Å²) in [6.07, 6.45) is 0.350. The Morgan fingerprint density at radius 2 is 2.25 bits per heavy atom. The van der Waals surface area contributed by atoms with Gasteiger partial charge in [-0.1, -0.05) is 11.6 Å². The SMILES string of the molecule is Cc1cc(Cl)ccc1OC(C)C(=O)N1CCC(N)C1.Cl. The van der Waals surface area contributed by atoms with Gasteiger partial charge in [-0.2, -0.15) is 0 Å². The first kappa shape index (κ1) is 17.1. The maximum atomic E-state index is 12.2. The Morgan fingerprint density at radius 1 is 1.55 bits per heavy atom. The molecule has 1 fully saturated rings. The molecule has 1 aliphatic heterocycles. The Bertz CT molecular complexity index is 482. The Balaban J connectivity index is 0.00000200. The number of hydrogen-bond donors (Lipinski definition) is 1. The molecule has 0 aliphatic carbocycles. The number of nitrogens with two attached hydrogens (primary N) is 1. The third kappa shape index (κ3) is 4.01. The molecule has 2 unspecified atom stereocenters. The molecule has 2 atom stereocenters. The van der Waals surface area contributed by atoms with Gasteiger partial charge in [0.2, 0.25) is 0 Å². The number of benzene rings is 1. The third-order valence-electron chi connectivity index (χ3n) is 3.32. The molecule has 1 aromatic rings. The molecule has 1 aliphatic rings. The summed E-state index contributed by atoms with van der Waals surface area (Å²) in [5.41, 5.74) is 6.73. The minimum Gasteiger partial charge on any atom is -0.481 e. The highest BCUT2D eigenvalue weighted by molar-refractivity contribution is 6.30. The monoisotopic (exact) mass is 318 g/mol. The lowest BCUT2D eigenvalue weighted by atomic mass is 10.2. The van der Waals surface area contributed by atoms with Crippen molar-refractivity contribution in [3.05, 3.63) is 28.8 Å². The van der Waals surface area contributed by atoms with E-state index in [0.717, 1.165) is 12.0 Å². The van der Waals surface area contributed by atoms with Crippen molar-refractivity contribution < 1.29 is 9.53 Å². The summed E-state index contributed by atoms with van der Waals surface area (Å²) in [5, 5.41) is 0.661. The summed E-state index contributed by atoms with van der Waals surface area (Å²) in [7, 11) is 0. The van der Waals surface area contributed by atoms with Crippen molar-refractivity contribution in [2.75, 3.05) is 13.1 Å². The second-order valence-corrected chi connectivity index (χ2v) is 5.44. The van der Waals surface area contributed by atoms with E-state index in [-0.39, 0.29) is 24.4 Å². The van der Waals surface area contributed by atoms with Crippen LogP contribution >= 0.6 is 24.0 Å². The predicted octanol–water partition coefficient (Wildman–Crippen LogP) is 2.40. The van der Waals surface area contributed by atoms with Gasteiger partial charge in [0.1, 0.15) is 5.75 Å². The van der Waals surface area contributed by atoms with Gasteiger partial charge in [0.15, 0.2) is 6.10 Å². The Hall–Kier alpha value is -0.970. The molecule has 2 rings (SSSR count). The van der Waals surface area contributed by atoms with Crippen LogP contribution in [0.2, 0.25) is 5.02 Å². The number of ether oxygens (including phenoxy) is 1. The van der Waals surface area contributed by atoms with Crippen LogP contribution in [0, 0.1) is 6.92 Å². The average molecular weight is 319 g/mol. The van der Waals surface area contributed by atoms with E-state index in [1.54, 1.807) is 24.0 Å². The van der Waals surface area contributed by atoms with Gasteiger partial charge in [-0.25, -0.2) is 0 Å². The fraction of sp³-hybridized carbons (Fsp3) is 0.500. The van der Waals surface area contributed by atoms with Gasteiger partial charge >= 0.3 is 0 Å². The molecule has 0 bridgehead atoms. The number of nitrogens with zero attached hydrogens (tertiary/aromatic N) is 1. The number of likely N-dealkylation sites (tertiary alicyclic amines) is 1. The zero-order chi connectivity index (χ0) is 14.0. The van der Waals surface area contributed by atoms with E-state index >= 15 is 0 Å². The normalized spacial score (nSPS) is 19.4. The maximum Gasteiger partial charge on any atom is 0.263 e. The van der Waals surface area contributed by atoms with Crippen LogP contribution in [0.1, 0.15) is 18.9 Å². The van der Waals surface area contributed by atoms with Gasteiger partial charge in [-0.3, -0.25) is 4.79 Å². The molecule has 0 aromatic heterocycles. The van der Waals surface area contributed by atoms with E-state index in [0.29, 0.717) is 23.9 Å². The van der Waals surface area contributed by atoms with Crippen molar-refractivity contribution in [1.82, 2.24) is 4.90 Å². The van der Waals surface area contributed by atoms with E-state index in [9.17, 15) is 4.79 Å². The van der Waals surface area contributed by atoms with Gasteiger partial charge < -0.3 is 15.4 Å². The largest absolute Gasteiger partial charge is 0.481 e. The number of amides is 1. The lowest BCUT2D eigenvalue weighted by Gasteiger charge is -2.22. The van der Waals surface area contributed by atoms with Crippen molar-refractivity contribution >= 4 is 29.9 Å². The second-order valence-electron chi connectivity index (χ2n) is 5.00.